The summed E-state index contributed by atoms with van der Waals surface area (Å²) in [5.41, 5.74) is 0.764. The fourth-order valence-corrected chi connectivity index (χ4v) is 4.51. The summed E-state index contributed by atoms with van der Waals surface area (Å²) in [6.45, 7) is 5.33. The molecule has 28 heavy (non-hydrogen) atoms. The summed E-state index contributed by atoms with van der Waals surface area (Å²) >= 11 is 0. The van der Waals surface area contributed by atoms with Gasteiger partial charge >= 0.3 is 0 Å². The summed E-state index contributed by atoms with van der Waals surface area (Å²) in [4.78, 5) is 0.264. The van der Waals surface area contributed by atoms with Gasteiger partial charge in [0.2, 0.25) is 10.0 Å². The van der Waals surface area contributed by atoms with E-state index >= 15 is 0 Å². The molecule has 0 aliphatic rings. The minimum absolute atomic E-state index is 0.208. The van der Waals surface area contributed by atoms with Crippen LogP contribution in [0.5, 0.6) is 5.75 Å². The van der Waals surface area contributed by atoms with E-state index in [0.29, 0.717) is 24.7 Å². The highest BCUT2D eigenvalue weighted by molar-refractivity contribution is 7.89. The highest BCUT2D eigenvalue weighted by atomic mass is 32.2. The molecule has 150 valence electrons. The molecule has 0 aliphatic heterocycles. The smallest absolute Gasteiger partial charge is 0.243 e. The Morgan fingerprint density at radius 2 is 1.75 bits per heavy atom. The van der Waals surface area contributed by atoms with Crippen LogP contribution in [0.2, 0.25) is 0 Å². The van der Waals surface area contributed by atoms with E-state index in [9.17, 15) is 8.42 Å². The Bertz CT molecular complexity index is 960. The first-order chi connectivity index (χ1) is 13.5. The monoisotopic (exact) mass is 401 g/mol. The largest absolute Gasteiger partial charge is 0.494 e. The van der Waals surface area contributed by atoms with Crippen molar-refractivity contribution >= 4 is 21.0 Å². The molecule has 6 heteroatoms. The van der Waals surface area contributed by atoms with Crippen LogP contribution in [0.3, 0.4) is 0 Å². The van der Waals surface area contributed by atoms with Crippen LogP contribution in [0, 0.1) is 0 Å². The standard InChI is InChI=1S/C22H27NO4S/c1-3-5-15-26-19-10-12-21(13-11-19)28(24,25)23(14-4-2)17-20-16-18-8-6-7-9-22(18)27-20/h6-13,16H,3-5,14-15,17H2,1-2H3. The molecule has 0 bridgehead atoms. The molecule has 0 aliphatic carbocycles. The maximum absolute atomic E-state index is 13.2. The van der Waals surface area contributed by atoms with Gasteiger partial charge in [-0.3, -0.25) is 0 Å². The summed E-state index contributed by atoms with van der Waals surface area (Å²) < 4.78 is 39.2. The predicted molar refractivity (Wildman–Crippen MR) is 111 cm³/mol. The van der Waals surface area contributed by atoms with Crippen molar-refractivity contribution in [1.82, 2.24) is 4.31 Å². The number of rotatable bonds is 10. The van der Waals surface area contributed by atoms with Gasteiger partial charge in [-0.15, -0.1) is 0 Å². The first-order valence-electron chi connectivity index (χ1n) is 9.75. The minimum atomic E-state index is -3.62. The van der Waals surface area contributed by atoms with Gasteiger partial charge in [0.15, 0.2) is 0 Å². The molecule has 1 aromatic heterocycles. The maximum Gasteiger partial charge on any atom is 0.243 e. The number of unbranched alkanes of at least 4 members (excludes halogenated alkanes) is 1. The third kappa shape index (κ3) is 4.75. The second kappa shape index (κ2) is 9.26. The molecule has 0 saturated carbocycles. The Morgan fingerprint density at radius 1 is 1.00 bits per heavy atom. The van der Waals surface area contributed by atoms with Crippen molar-refractivity contribution in [2.45, 2.75) is 44.6 Å². The molecular weight excluding hydrogens is 374 g/mol. The van der Waals surface area contributed by atoms with Crippen molar-refractivity contribution in [2.75, 3.05) is 13.2 Å². The van der Waals surface area contributed by atoms with Crippen LogP contribution in [0.1, 0.15) is 38.9 Å². The average Bonchev–Trinajstić information content (AvgIpc) is 3.11. The zero-order valence-corrected chi connectivity index (χ0v) is 17.2. The fraction of sp³-hybridized carbons (Fsp3) is 0.364. The molecular formula is C22H27NO4S. The number of nitrogens with zero attached hydrogens (tertiary/aromatic N) is 1. The number of hydrogen-bond donors (Lipinski definition) is 0. The first-order valence-corrected chi connectivity index (χ1v) is 11.2. The lowest BCUT2D eigenvalue weighted by molar-refractivity contribution is 0.309. The van der Waals surface area contributed by atoms with Crippen LogP contribution >= 0.6 is 0 Å². The Kier molecular flexibility index (Phi) is 6.75. The quantitative estimate of drug-likeness (QED) is 0.437. The lowest BCUT2D eigenvalue weighted by atomic mass is 10.2. The van der Waals surface area contributed by atoms with Crippen LogP contribution in [-0.2, 0) is 16.6 Å². The number of fused-ring (bicyclic) bond motifs is 1. The van der Waals surface area contributed by atoms with Crippen molar-refractivity contribution in [3.05, 3.63) is 60.4 Å². The van der Waals surface area contributed by atoms with E-state index in [2.05, 4.69) is 6.92 Å². The molecule has 0 radical (unpaired) electrons. The molecule has 0 spiro atoms. The van der Waals surface area contributed by atoms with Crippen molar-refractivity contribution in [1.29, 1.82) is 0 Å². The topological polar surface area (TPSA) is 59.8 Å². The third-order valence-electron chi connectivity index (χ3n) is 4.51. The lowest BCUT2D eigenvalue weighted by Crippen LogP contribution is -2.31. The molecule has 5 nitrogen and oxygen atoms in total. The number of furan rings is 1. The molecule has 0 amide bonds. The van der Waals surface area contributed by atoms with Crippen molar-refractivity contribution in [3.63, 3.8) is 0 Å². The maximum atomic E-state index is 13.2. The van der Waals surface area contributed by atoms with Gasteiger partial charge in [-0.1, -0.05) is 38.5 Å². The normalized spacial score (nSPS) is 12.0. The van der Waals surface area contributed by atoms with E-state index < -0.39 is 10.0 Å². The first kappa shape index (κ1) is 20.4. The summed E-state index contributed by atoms with van der Waals surface area (Å²) in [6, 6.07) is 16.2. The number of hydrogen-bond acceptors (Lipinski definition) is 4. The van der Waals surface area contributed by atoms with Gasteiger partial charge in [0.1, 0.15) is 17.1 Å². The summed E-state index contributed by atoms with van der Waals surface area (Å²) in [6.07, 6.45) is 2.75. The highest BCUT2D eigenvalue weighted by Gasteiger charge is 2.25. The number of sulfonamides is 1. The van der Waals surface area contributed by atoms with Gasteiger partial charge in [-0.25, -0.2) is 8.42 Å². The van der Waals surface area contributed by atoms with E-state index in [1.54, 1.807) is 24.3 Å². The van der Waals surface area contributed by atoms with Crippen LogP contribution in [0.25, 0.3) is 11.0 Å². The number of para-hydroxylation sites is 1. The highest BCUT2D eigenvalue weighted by Crippen LogP contribution is 2.25. The molecule has 3 rings (SSSR count). The van der Waals surface area contributed by atoms with Crippen LogP contribution in [-0.4, -0.2) is 25.9 Å². The molecule has 1 heterocycles. The molecule has 2 aromatic carbocycles. The van der Waals surface area contributed by atoms with Gasteiger partial charge in [0.25, 0.3) is 0 Å². The third-order valence-corrected chi connectivity index (χ3v) is 6.37. The van der Waals surface area contributed by atoms with Gasteiger partial charge in [-0.05, 0) is 49.2 Å². The van der Waals surface area contributed by atoms with Gasteiger partial charge in [-0.2, -0.15) is 4.31 Å². The molecule has 0 unspecified atom stereocenters. The van der Waals surface area contributed by atoms with Crippen molar-refractivity contribution in [2.24, 2.45) is 0 Å². The van der Waals surface area contributed by atoms with Crippen molar-refractivity contribution < 1.29 is 17.6 Å². The Balaban J connectivity index is 1.79. The molecule has 0 fully saturated rings. The second-order valence-electron chi connectivity index (χ2n) is 6.76. The number of ether oxygens (including phenoxy) is 1. The van der Waals surface area contributed by atoms with Gasteiger partial charge < -0.3 is 9.15 Å². The van der Waals surface area contributed by atoms with Crippen molar-refractivity contribution in [3.8, 4) is 5.75 Å². The Labute approximate surface area is 167 Å². The second-order valence-corrected chi connectivity index (χ2v) is 8.70. The Hall–Kier alpha value is -2.31. The minimum Gasteiger partial charge on any atom is -0.494 e. The molecule has 3 aromatic rings. The average molecular weight is 402 g/mol. The molecule has 0 N–H and O–H groups in total. The van der Waals surface area contributed by atoms with Crippen LogP contribution < -0.4 is 4.74 Å². The van der Waals surface area contributed by atoms with E-state index in [1.807, 2.05) is 37.3 Å². The predicted octanol–water partition coefficient (Wildman–Crippen LogP) is 5.21. The van der Waals surface area contributed by atoms with Gasteiger partial charge in [0.05, 0.1) is 18.0 Å². The van der Waals surface area contributed by atoms with Crippen LogP contribution in [0.4, 0.5) is 0 Å². The van der Waals surface area contributed by atoms with E-state index in [1.165, 1.54) is 4.31 Å². The zero-order valence-electron chi connectivity index (χ0n) is 16.4. The number of benzene rings is 2. The summed E-state index contributed by atoms with van der Waals surface area (Å²) in [7, 11) is -3.62. The zero-order chi connectivity index (χ0) is 20.0. The Morgan fingerprint density at radius 3 is 2.43 bits per heavy atom. The van der Waals surface area contributed by atoms with E-state index in [0.717, 1.165) is 30.2 Å². The van der Waals surface area contributed by atoms with Gasteiger partial charge in [0, 0.05) is 11.9 Å². The molecule has 0 atom stereocenters. The van der Waals surface area contributed by atoms with E-state index in [4.69, 9.17) is 9.15 Å². The van der Waals surface area contributed by atoms with Crippen LogP contribution in [0.15, 0.2) is 63.9 Å². The lowest BCUT2D eigenvalue weighted by Gasteiger charge is -2.20. The fourth-order valence-electron chi connectivity index (χ4n) is 3.01. The SMILES string of the molecule is CCCCOc1ccc(S(=O)(=O)N(CCC)Cc2cc3ccccc3o2)cc1. The summed E-state index contributed by atoms with van der Waals surface area (Å²) in [5, 5.41) is 0.972. The molecule has 0 saturated heterocycles. The summed E-state index contributed by atoms with van der Waals surface area (Å²) in [5.74, 6) is 1.32. The van der Waals surface area contributed by atoms with E-state index in [-0.39, 0.29) is 11.4 Å².